The maximum absolute atomic E-state index is 12.8. The third-order valence-corrected chi connectivity index (χ3v) is 6.03. The Morgan fingerprint density at radius 3 is 2.52 bits per heavy atom. The molecule has 33 heavy (non-hydrogen) atoms. The van der Waals surface area contributed by atoms with Crippen molar-refractivity contribution in [2.24, 2.45) is 0 Å². The van der Waals surface area contributed by atoms with Crippen molar-refractivity contribution >= 4 is 17.5 Å². The second-order valence-electron chi connectivity index (χ2n) is 8.57. The van der Waals surface area contributed by atoms with Gasteiger partial charge in [-0.25, -0.2) is 0 Å². The van der Waals surface area contributed by atoms with Crippen LogP contribution in [0.1, 0.15) is 47.2 Å². The third kappa shape index (κ3) is 5.25. The lowest BCUT2D eigenvalue weighted by atomic mass is 9.87. The molecule has 3 aromatic rings. The van der Waals surface area contributed by atoms with Crippen LogP contribution in [0.5, 0.6) is 5.75 Å². The third-order valence-electron chi connectivity index (χ3n) is 6.03. The van der Waals surface area contributed by atoms with Crippen molar-refractivity contribution in [3.63, 3.8) is 0 Å². The number of aryl methyl sites for hydroxylation is 2. The topological polar surface area (TPSA) is 58.6 Å². The standard InChI is InChI=1S/C28H30N2O3/c1-4-27(32)30-15-14-21-12-13-24(17-25(21)28(30)22-10-8-19(2)9-11-22)33-18-26(31)29-23-7-5-6-20(3)16-23/h5-13,16-17,28H,4,14-15,18H2,1-3H3,(H,29,31)/t28-/m0/s1. The van der Waals surface area contributed by atoms with Crippen molar-refractivity contribution in [2.75, 3.05) is 18.5 Å². The van der Waals surface area contributed by atoms with E-state index < -0.39 is 0 Å². The van der Waals surface area contributed by atoms with Gasteiger partial charge in [0.15, 0.2) is 6.61 Å². The summed E-state index contributed by atoms with van der Waals surface area (Å²) in [6.45, 7) is 6.55. The number of nitrogens with zero attached hydrogens (tertiary/aromatic N) is 1. The minimum absolute atomic E-state index is 0.0838. The predicted octanol–water partition coefficient (Wildman–Crippen LogP) is 5.21. The molecule has 1 aliphatic heterocycles. The molecule has 5 nitrogen and oxygen atoms in total. The van der Waals surface area contributed by atoms with Gasteiger partial charge in [0.25, 0.3) is 5.91 Å². The number of benzene rings is 3. The van der Waals surface area contributed by atoms with Gasteiger partial charge in [-0.05, 0) is 66.8 Å². The fourth-order valence-electron chi connectivity index (χ4n) is 4.33. The number of carbonyl (C=O) groups is 2. The van der Waals surface area contributed by atoms with Crippen LogP contribution in [0, 0.1) is 13.8 Å². The fourth-order valence-corrected chi connectivity index (χ4v) is 4.33. The highest BCUT2D eigenvalue weighted by atomic mass is 16.5. The molecular formula is C28H30N2O3. The predicted molar refractivity (Wildman–Crippen MR) is 130 cm³/mol. The molecule has 0 saturated heterocycles. The molecule has 4 rings (SSSR count). The molecule has 0 spiro atoms. The van der Waals surface area contributed by atoms with Crippen molar-refractivity contribution in [3.05, 3.63) is 94.5 Å². The number of hydrogen-bond donors (Lipinski definition) is 1. The van der Waals surface area contributed by atoms with Crippen LogP contribution in [0.4, 0.5) is 5.69 Å². The van der Waals surface area contributed by atoms with E-state index in [1.165, 1.54) is 11.1 Å². The van der Waals surface area contributed by atoms with Crippen LogP contribution in [0.3, 0.4) is 0 Å². The Morgan fingerprint density at radius 2 is 1.79 bits per heavy atom. The van der Waals surface area contributed by atoms with Crippen LogP contribution < -0.4 is 10.1 Å². The van der Waals surface area contributed by atoms with Crippen molar-refractivity contribution in [1.82, 2.24) is 4.90 Å². The number of hydrogen-bond acceptors (Lipinski definition) is 3. The average molecular weight is 443 g/mol. The minimum Gasteiger partial charge on any atom is -0.484 e. The van der Waals surface area contributed by atoms with Gasteiger partial charge in [0.2, 0.25) is 5.91 Å². The highest BCUT2D eigenvalue weighted by Crippen LogP contribution is 2.37. The molecule has 1 aliphatic rings. The summed E-state index contributed by atoms with van der Waals surface area (Å²) in [6.07, 6.45) is 1.27. The van der Waals surface area contributed by atoms with Crippen LogP contribution in [-0.4, -0.2) is 29.9 Å². The molecular weight excluding hydrogens is 412 g/mol. The quantitative estimate of drug-likeness (QED) is 0.570. The van der Waals surface area contributed by atoms with Gasteiger partial charge in [0.05, 0.1) is 6.04 Å². The van der Waals surface area contributed by atoms with Crippen molar-refractivity contribution < 1.29 is 14.3 Å². The van der Waals surface area contributed by atoms with E-state index in [1.807, 2.05) is 55.1 Å². The van der Waals surface area contributed by atoms with Gasteiger partial charge in [-0.2, -0.15) is 0 Å². The summed E-state index contributed by atoms with van der Waals surface area (Å²) in [5.41, 5.74) is 6.36. The summed E-state index contributed by atoms with van der Waals surface area (Å²) in [5.74, 6) is 0.544. The SMILES string of the molecule is CCC(=O)N1CCc2ccc(OCC(=O)Nc3cccc(C)c3)cc2[C@@H]1c1ccc(C)cc1. The molecule has 5 heteroatoms. The summed E-state index contributed by atoms with van der Waals surface area (Å²) >= 11 is 0. The first-order valence-corrected chi connectivity index (χ1v) is 11.4. The summed E-state index contributed by atoms with van der Waals surface area (Å²) in [7, 11) is 0. The van der Waals surface area contributed by atoms with Gasteiger partial charge >= 0.3 is 0 Å². The molecule has 0 aromatic heterocycles. The summed E-state index contributed by atoms with van der Waals surface area (Å²) in [4.78, 5) is 27.1. The molecule has 0 aliphatic carbocycles. The molecule has 0 fully saturated rings. The molecule has 0 saturated carbocycles. The molecule has 0 unspecified atom stereocenters. The Kier molecular flexibility index (Phi) is 6.78. The summed E-state index contributed by atoms with van der Waals surface area (Å²) in [5, 5.41) is 2.87. The van der Waals surface area contributed by atoms with E-state index in [0.29, 0.717) is 18.7 Å². The van der Waals surface area contributed by atoms with Crippen LogP contribution in [-0.2, 0) is 16.0 Å². The number of anilines is 1. The molecule has 2 amide bonds. The number of nitrogens with one attached hydrogen (secondary N) is 1. The van der Waals surface area contributed by atoms with E-state index >= 15 is 0 Å². The normalized spacial score (nSPS) is 15.0. The van der Waals surface area contributed by atoms with E-state index in [9.17, 15) is 9.59 Å². The molecule has 170 valence electrons. The van der Waals surface area contributed by atoms with Crippen molar-refractivity contribution in [3.8, 4) is 5.75 Å². The lowest BCUT2D eigenvalue weighted by Crippen LogP contribution is -2.40. The lowest BCUT2D eigenvalue weighted by molar-refractivity contribution is -0.132. The zero-order valence-corrected chi connectivity index (χ0v) is 19.4. The Bertz CT molecular complexity index is 1150. The van der Waals surface area contributed by atoms with Crippen molar-refractivity contribution in [1.29, 1.82) is 0 Å². The first kappa shape index (κ1) is 22.6. The highest BCUT2D eigenvalue weighted by molar-refractivity contribution is 5.91. The molecule has 0 radical (unpaired) electrons. The number of amides is 2. The second-order valence-corrected chi connectivity index (χ2v) is 8.57. The smallest absolute Gasteiger partial charge is 0.262 e. The fraction of sp³-hybridized carbons (Fsp3) is 0.286. The van der Waals surface area contributed by atoms with Gasteiger partial charge in [-0.3, -0.25) is 9.59 Å². The summed E-state index contributed by atoms with van der Waals surface area (Å²) < 4.78 is 5.85. The monoisotopic (exact) mass is 442 g/mol. The molecule has 3 aromatic carbocycles. The highest BCUT2D eigenvalue weighted by Gasteiger charge is 2.31. The zero-order chi connectivity index (χ0) is 23.4. The maximum atomic E-state index is 12.8. The first-order valence-electron chi connectivity index (χ1n) is 11.4. The largest absolute Gasteiger partial charge is 0.484 e. The van der Waals surface area contributed by atoms with Crippen LogP contribution >= 0.6 is 0 Å². The number of ether oxygens (including phenoxy) is 1. The number of carbonyl (C=O) groups excluding carboxylic acids is 2. The Balaban J connectivity index is 1.56. The van der Waals surface area contributed by atoms with Crippen LogP contribution in [0.15, 0.2) is 66.7 Å². The average Bonchev–Trinajstić information content (AvgIpc) is 2.82. The Hall–Kier alpha value is -3.60. The van der Waals surface area contributed by atoms with E-state index in [2.05, 4.69) is 42.6 Å². The lowest BCUT2D eigenvalue weighted by Gasteiger charge is -2.38. The Morgan fingerprint density at radius 1 is 1.00 bits per heavy atom. The zero-order valence-electron chi connectivity index (χ0n) is 19.4. The van der Waals surface area contributed by atoms with Gasteiger partial charge in [0.1, 0.15) is 5.75 Å². The van der Waals surface area contributed by atoms with E-state index in [1.54, 1.807) is 0 Å². The van der Waals surface area contributed by atoms with Crippen LogP contribution in [0.25, 0.3) is 0 Å². The van der Waals surface area contributed by atoms with Gasteiger partial charge in [-0.1, -0.05) is 55.0 Å². The molecule has 0 bridgehead atoms. The maximum Gasteiger partial charge on any atom is 0.262 e. The Labute approximate surface area is 195 Å². The molecule has 1 N–H and O–H groups in total. The van der Waals surface area contributed by atoms with Gasteiger partial charge in [-0.15, -0.1) is 0 Å². The second kappa shape index (κ2) is 9.90. The van der Waals surface area contributed by atoms with Gasteiger partial charge in [0, 0.05) is 18.7 Å². The van der Waals surface area contributed by atoms with E-state index in [-0.39, 0.29) is 24.5 Å². The minimum atomic E-state index is -0.212. The molecule has 1 heterocycles. The number of rotatable bonds is 6. The first-order chi connectivity index (χ1) is 15.9. The molecule has 1 atom stereocenters. The van der Waals surface area contributed by atoms with Crippen LogP contribution in [0.2, 0.25) is 0 Å². The summed E-state index contributed by atoms with van der Waals surface area (Å²) in [6, 6.07) is 21.8. The number of fused-ring (bicyclic) bond motifs is 1. The van der Waals surface area contributed by atoms with E-state index in [0.717, 1.165) is 28.8 Å². The van der Waals surface area contributed by atoms with Gasteiger partial charge < -0.3 is 15.0 Å². The van der Waals surface area contributed by atoms with E-state index in [4.69, 9.17) is 4.74 Å². The van der Waals surface area contributed by atoms with Crippen molar-refractivity contribution in [2.45, 2.75) is 39.7 Å².